The van der Waals surface area contributed by atoms with E-state index in [1.54, 1.807) is 12.0 Å². The SMILES string of the molecule is COc1ccc(N2CNC(N=[N+]=[N-])=CC2=N)cc1. The van der Waals surface area contributed by atoms with E-state index in [1.165, 1.54) is 6.08 Å². The van der Waals surface area contributed by atoms with Crippen LogP contribution < -0.4 is 15.0 Å². The molecule has 7 nitrogen and oxygen atoms in total. The molecule has 0 aliphatic carbocycles. The monoisotopic (exact) mass is 244 g/mol. The number of rotatable bonds is 3. The summed E-state index contributed by atoms with van der Waals surface area (Å²) in [7, 11) is 1.61. The molecule has 0 fully saturated rings. The minimum Gasteiger partial charge on any atom is -0.497 e. The molecule has 7 heteroatoms. The lowest BCUT2D eigenvalue weighted by Crippen LogP contribution is -2.41. The van der Waals surface area contributed by atoms with Crippen LogP contribution in [0, 0.1) is 5.41 Å². The quantitative estimate of drug-likeness (QED) is 0.484. The second kappa shape index (κ2) is 5.11. The normalized spacial score (nSPS) is 14.4. The minimum atomic E-state index is 0.265. The van der Waals surface area contributed by atoms with Gasteiger partial charge in [0.1, 0.15) is 17.4 Å². The highest BCUT2D eigenvalue weighted by molar-refractivity contribution is 6.04. The number of hydrogen-bond acceptors (Lipinski definition) is 4. The largest absolute Gasteiger partial charge is 0.497 e. The average Bonchev–Trinajstić information content (AvgIpc) is 2.40. The zero-order chi connectivity index (χ0) is 13.0. The van der Waals surface area contributed by atoms with Crippen molar-refractivity contribution < 1.29 is 4.74 Å². The lowest BCUT2D eigenvalue weighted by atomic mass is 10.2. The lowest BCUT2D eigenvalue weighted by Gasteiger charge is -2.28. The van der Waals surface area contributed by atoms with E-state index in [-0.39, 0.29) is 5.84 Å². The van der Waals surface area contributed by atoms with Crippen molar-refractivity contribution in [2.24, 2.45) is 5.11 Å². The summed E-state index contributed by atoms with van der Waals surface area (Å²) in [6, 6.07) is 7.38. The van der Waals surface area contributed by atoms with Crippen LogP contribution in [0.15, 0.2) is 41.3 Å². The van der Waals surface area contributed by atoms with Crippen LogP contribution in [0.1, 0.15) is 0 Å². The molecule has 2 N–H and O–H groups in total. The van der Waals surface area contributed by atoms with Crippen LogP contribution >= 0.6 is 0 Å². The van der Waals surface area contributed by atoms with Gasteiger partial charge in [-0.25, -0.2) is 0 Å². The van der Waals surface area contributed by atoms with Gasteiger partial charge in [0, 0.05) is 16.7 Å². The highest BCUT2D eigenvalue weighted by atomic mass is 16.5. The van der Waals surface area contributed by atoms with Gasteiger partial charge in [0.25, 0.3) is 0 Å². The summed E-state index contributed by atoms with van der Waals surface area (Å²) in [5, 5.41) is 14.2. The van der Waals surface area contributed by atoms with Gasteiger partial charge < -0.3 is 15.0 Å². The molecule has 1 aliphatic heterocycles. The van der Waals surface area contributed by atoms with Gasteiger partial charge in [-0.05, 0) is 34.9 Å². The van der Waals surface area contributed by atoms with Crippen LogP contribution in [-0.4, -0.2) is 19.6 Å². The summed E-state index contributed by atoms with van der Waals surface area (Å²) in [5.41, 5.74) is 9.19. The third-order valence-corrected chi connectivity index (χ3v) is 2.52. The molecule has 0 amide bonds. The topological polar surface area (TPSA) is 97.1 Å². The van der Waals surface area contributed by atoms with Gasteiger partial charge in [0.2, 0.25) is 0 Å². The predicted molar refractivity (Wildman–Crippen MR) is 68.4 cm³/mol. The Bertz CT molecular complexity index is 529. The summed E-state index contributed by atoms with van der Waals surface area (Å²) in [6.07, 6.45) is 1.48. The number of ether oxygens (including phenoxy) is 1. The van der Waals surface area contributed by atoms with Crippen LogP contribution in [0.2, 0.25) is 0 Å². The summed E-state index contributed by atoms with van der Waals surface area (Å²) in [4.78, 5) is 4.42. The number of hydrogen-bond donors (Lipinski definition) is 2. The molecule has 1 heterocycles. The summed E-state index contributed by atoms with van der Waals surface area (Å²) >= 11 is 0. The Morgan fingerprint density at radius 1 is 1.44 bits per heavy atom. The average molecular weight is 244 g/mol. The first kappa shape index (κ1) is 11.8. The molecule has 0 bridgehead atoms. The van der Waals surface area contributed by atoms with Crippen molar-refractivity contribution in [3.63, 3.8) is 0 Å². The number of amidine groups is 1. The number of benzene rings is 1. The number of nitrogens with zero attached hydrogens (tertiary/aromatic N) is 4. The molecule has 2 rings (SSSR count). The molecule has 0 spiro atoms. The Morgan fingerprint density at radius 3 is 2.72 bits per heavy atom. The van der Waals surface area contributed by atoms with Gasteiger partial charge in [-0.2, -0.15) is 0 Å². The lowest BCUT2D eigenvalue weighted by molar-refractivity contribution is 0.415. The molecule has 18 heavy (non-hydrogen) atoms. The summed E-state index contributed by atoms with van der Waals surface area (Å²) in [5.74, 6) is 1.38. The third kappa shape index (κ3) is 2.36. The van der Waals surface area contributed by atoms with Crippen LogP contribution in [0.5, 0.6) is 5.75 Å². The van der Waals surface area contributed by atoms with E-state index >= 15 is 0 Å². The Balaban J connectivity index is 2.20. The highest BCUT2D eigenvalue weighted by Gasteiger charge is 2.15. The van der Waals surface area contributed by atoms with E-state index in [2.05, 4.69) is 15.3 Å². The molecule has 0 saturated carbocycles. The van der Waals surface area contributed by atoms with E-state index in [1.807, 2.05) is 24.3 Å². The van der Waals surface area contributed by atoms with E-state index < -0.39 is 0 Å². The summed E-state index contributed by atoms with van der Waals surface area (Å²) < 4.78 is 5.08. The van der Waals surface area contributed by atoms with Crippen LogP contribution in [0.3, 0.4) is 0 Å². The molecule has 0 atom stereocenters. The smallest absolute Gasteiger partial charge is 0.128 e. The first-order chi connectivity index (χ1) is 8.74. The molecule has 0 aromatic heterocycles. The fourth-order valence-electron chi connectivity index (χ4n) is 1.61. The van der Waals surface area contributed by atoms with E-state index in [9.17, 15) is 0 Å². The van der Waals surface area contributed by atoms with Crippen molar-refractivity contribution >= 4 is 11.5 Å². The van der Waals surface area contributed by atoms with Crippen molar-refractivity contribution in [3.05, 3.63) is 46.6 Å². The van der Waals surface area contributed by atoms with Crippen LogP contribution in [0.4, 0.5) is 5.69 Å². The molecular formula is C11H12N6O. The van der Waals surface area contributed by atoms with E-state index in [4.69, 9.17) is 15.7 Å². The van der Waals surface area contributed by atoms with Gasteiger partial charge in [0.05, 0.1) is 13.8 Å². The highest BCUT2D eigenvalue weighted by Crippen LogP contribution is 2.20. The molecule has 1 aromatic carbocycles. The maximum atomic E-state index is 8.32. The number of nitrogens with one attached hydrogen (secondary N) is 2. The number of methoxy groups -OCH3 is 1. The molecule has 0 radical (unpaired) electrons. The Hall–Kier alpha value is -2.66. The van der Waals surface area contributed by atoms with Crippen molar-refractivity contribution in [2.75, 3.05) is 18.7 Å². The molecule has 92 valence electrons. The maximum absolute atomic E-state index is 8.32. The first-order valence-corrected chi connectivity index (χ1v) is 5.25. The molecule has 1 aromatic rings. The second-order valence-electron chi connectivity index (χ2n) is 3.57. The molecule has 1 aliphatic rings. The van der Waals surface area contributed by atoms with Gasteiger partial charge >= 0.3 is 0 Å². The van der Waals surface area contributed by atoms with E-state index in [0.717, 1.165) is 11.4 Å². The van der Waals surface area contributed by atoms with Gasteiger partial charge in [-0.15, -0.1) is 0 Å². The molecule has 0 saturated heterocycles. The zero-order valence-corrected chi connectivity index (χ0v) is 9.79. The fourth-order valence-corrected chi connectivity index (χ4v) is 1.61. The van der Waals surface area contributed by atoms with Crippen molar-refractivity contribution in [2.45, 2.75) is 0 Å². The van der Waals surface area contributed by atoms with Crippen LogP contribution in [-0.2, 0) is 0 Å². The summed E-state index contributed by atoms with van der Waals surface area (Å²) in [6.45, 7) is 0.385. The number of azide groups is 1. The zero-order valence-electron chi connectivity index (χ0n) is 9.79. The number of anilines is 1. The van der Waals surface area contributed by atoms with E-state index in [0.29, 0.717) is 12.5 Å². The second-order valence-corrected chi connectivity index (χ2v) is 3.57. The van der Waals surface area contributed by atoms with Crippen molar-refractivity contribution in [3.8, 4) is 5.75 Å². The first-order valence-electron chi connectivity index (χ1n) is 5.25. The van der Waals surface area contributed by atoms with Crippen molar-refractivity contribution in [1.82, 2.24) is 5.32 Å². The van der Waals surface area contributed by atoms with Gasteiger partial charge in [-0.1, -0.05) is 0 Å². The third-order valence-electron chi connectivity index (χ3n) is 2.52. The van der Waals surface area contributed by atoms with Crippen LogP contribution in [0.25, 0.3) is 10.4 Å². The molecule has 0 unspecified atom stereocenters. The molecular weight excluding hydrogens is 232 g/mol. The standard InChI is InChI=1S/C11H12N6O/c1-18-9-4-2-8(3-5-9)17-7-14-11(15-16-13)6-10(17)12/h2-6,12,14H,7H2,1H3. The maximum Gasteiger partial charge on any atom is 0.128 e. The van der Waals surface area contributed by atoms with Gasteiger partial charge in [0.15, 0.2) is 0 Å². The fraction of sp³-hybridized carbons (Fsp3) is 0.182. The Labute approximate surface area is 104 Å². The Kier molecular flexibility index (Phi) is 3.36. The predicted octanol–water partition coefficient (Wildman–Crippen LogP) is 2.19. The van der Waals surface area contributed by atoms with Crippen molar-refractivity contribution in [1.29, 1.82) is 5.41 Å². The van der Waals surface area contributed by atoms with Gasteiger partial charge in [-0.3, -0.25) is 5.41 Å². The Morgan fingerprint density at radius 2 is 2.17 bits per heavy atom. The minimum absolute atomic E-state index is 0.265.